The number of aromatic nitrogens is 2. The number of nitrogens with one attached hydrogen (secondary N) is 1. The fraction of sp³-hybridized carbons (Fsp3) is 0.250. The lowest BCUT2D eigenvalue weighted by Crippen LogP contribution is -2.34. The zero-order valence-corrected chi connectivity index (χ0v) is 11.8. The van der Waals surface area contributed by atoms with E-state index >= 15 is 0 Å². The van der Waals surface area contributed by atoms with Gasteiger partial charge in [-0.25, -0.2) is 0 Å². The Labute approximate surface area is 122 Å². The molecule has 0 saturated heterocycles. The maximum Gasteiger partial charge on any atom is 0.257 e. The zero-order chi connectivity index (χ0) is 14.8. The summed E-state index contributed by atoms with van der Waals surface area (Å²) in [4.78, 5) is 14.2. The Bertz CT molecular complexity index is 686. The molecule has 0 aliphatic carbocycles. The minimum Gasteiger partial charge on any atom is -0.508 e. The number of benzene rings is 1. The highest BCUT2D eigenvalue weighted by atomic mass is 16.3. The normalized spacial score (nSPS) is 14.9. The van der Waals surface area contributed by atoms with Gasteiger partial charge in [0.1, 0.15) is 5.75 Å². The third-order valence-electron chi connectivity index (χ3n) is 3.79. The largest absolute Gasteiger partial charge is 0.508 e. The molecule has 0 radical (unpaired) electrons. The number of phenols is 1. The van der Waals surface area contributed by atoms with Crippen molar-refractivity contribution in [1.82, 2.24) is 15.1 Å². The summed E-state index contributed by atoms with van der Waals surface area (Å²) in [6.45, 7) is 3.14. The van der Waals surface area contributed by atoms with Gasteiger partial charge in [-0.1, -0.05) is 18.2 Å². The molecule has 0 fully saturated rings. The van der Waals surface area contributed by atoms with E-state index in [2.05, 4.69) is 16.3 Å². The van der Waals surface area contributed by atoms with Crippen LogP contribution < -0.4 is 0 Å². The number of carbonyl (C=O) groups excluding carboxylic acids is 1. The molecule has 0 unspecified atom stereocenters. The fourth-order valence-electron chi connectivity index (χ4n) is 2.53. The van der Waals surface area contributed by atoms with Gasteiger partial charge in [-0.15, -0.1) is 0 Å². The van der Waals surface area contributed by atoms with E-state index in [-0.39, 0.29) is 11.7 Å². The lowest BCUT2D eigenvalue weighted by molar-refractivity contribution is 0.0772. The fourth-order valence-corrected chi connectivity index (χ4v) is 2.53. The van der Waals surface area contributed by atoms with Gasteiger partial charge in [0.15, 0.2) is 0 Å². The van der Waals surface area contributed by atoms with E-state index in [1.165, 1.54) is 5.57 Å². The topological polar surface area (TPSA) is 69.2 Å². The molecule has 108 valence electrons. The number of amides is 1. The Morgan fingerprint density at radius 1 is 1.33 bits per heavy atom. The number of hydrogen-bond donors (Lipinski definition) is 2. The number of nitrogens with zero attached hydrogens (tertiary/aromatic N) is 2. The van der Waals surface area contributed by atoms with Gasteiger partial charge in [-0.2, -0.15) is 5.10 Å². The molecule has 21 heavy (non-hydrogen) atoms. The van der Waals surface area contributed by atoms with E-state index in [1.54, 1.807) is 18.3 Å². The van der Waals surface area contributed by atoms with Crippen LogP contribution in [0.25, 0.3) is 5.57 Å². The van der Waals surface area contributed by atoms with Crippen LogP contribution in [-0.2, 0) is 0 Å². The minimum atomic E-state index is 0.0160. The van der Waals surface area contributed by atoms with Crippen molar-refractivity contribution < 1.29 is 9.90 Å². The summed E-state index contributed by atoms with van der Waals surface area (Å²) >= 11 is 0. The summed E-state index contributed by atoms with van der Waals surface area (Å²) in [5.41, 5.74) is 3.74. The third kappa shape index (κ3) is 2.67. The molecule has 1 amide bonds. The van der Waals surface area contributed by atoms with Gasteiger partial charge in [0, 0.05) is 18.8 Å². The number of aryl methyl sites for hydroxylation is 1. The van der Waals surface area contributed by atoms with E-state index < -0.39 is 0 Å². The van der Waals surface area contributed by atoms with Crippen LogP contribution in [0.2, 0.25) is 0 Å². The summed E-state index contributed by atoms with van der Waals surface area (Å²) in [5.74, 6) is 0.282. The molecule has 0 atom stereocenters. The molecular weight excluding hydrogens is 266 g/mol. The number of carbonyl (C=O) groups is 1. The molecule has 2 aromatic rings. The second-order valence-electron chi connectivity index (χ2n) is 5.19. The molecule has 1 aliphatic heterocycles. The van der Waals surface area contributed by atoms with E-state index in [4.69, 9.17) is 0 Å². The molecule has 0 spiro atoms. The molecule has 1 aromatic carbocycles. The van der Waals surface area contributed by atoms with E-state index in [0.717, 1.165) is 17.7 Å². The Morgan fingerprint density at radius 2 is 2.10 bits per heavy atom. The van der Waals surface area contributed by atoms with Gasteiger partial charge in [0.05, 0.1) is 11.8 Å². The van der Waals surface area contributed by atoms with Crippen molar-refractivity contribution in [2.45, 2.75) is 13.3 Å². The molecule has 1 aliphatic rings. The second kappa shape index (κ2) is 5.44. The number of phenolic OH excluding ortho intramolecular Hbond substituents is 1. The van der Waals surface area contributed by atoms with Crippen LogP contribution in [0.3, 0.4) is 0 Å². The van der Waals surface area contributed by atoms with E-state index in [1.807, 2.05) is 24.0 Å². The predicted molar refractivity (Wildman–Crippen MR) is 79.9 cm³/mol. The molecule has 1 aromatic heterocycles. The number of aromatic amines is 1. The van der Waals surface area contributed by atoms with Crippen LogP contribution in [0.4, 0.5) is 0 Å². The van der Waals surface area contributed by atoms with Gasteiger partial charge in [-0.3, -0.25) is 9.89 Å². The zero-order valence-electron chi connectivity index (χ0n) is 11.8. The maximum absolute atomic E-state index is 12.4. The summed E-state index contributed by atoms with van der Waals surface area (Å²) in [6, 6.07) is 7.17. The second-order valence-corrected chi connectivity index (χ2v) is 5.19. The summed E-state index contributed by atoms with van der Waals surface area (Å²) < 4.78 is 0. The van der Waals surface area contributed by atoms with Crippen LogP contribution in [0.5, 0.6) is 5.75 Å². The molecule has 5 heteroatoms. The van der Waals surface area contributed by atoms with Crippen LogP contribution in [-0.4, -0.2) is 39.2 Å². The van der Waals surface area contributed by atoms with E-state index in [0.29, 0.717) is 18.7 Å². The van der Waals surface area contributed by atoms with Gasteiger partial charge in [0.2, 0.25) is 0 Å². The molecule has 0 bridgehead atoms. The number of rotatable bonds is 2. The predicted octanol–water partition coefficient (Wildman–Crippen LogP) is 2.35. The molecule has 3 rings (SSSR count). The SMILES string of the molecule is Cc1[nH]ncc1C(=O)N1CC=C(c2ccc(O)cc2)CC1. The smallest absolute Gasteiger partial charge is 0.257 e. The monoisotopic (exact) mass is 283 g/mol. The lowest BCUT2D eigenvalue weighted by atomic mass is 9.99. The number of aromatic hydroxyl groups is 1. The molecular formula is C16H17N3O2. The van der Waals surface area contributed by atoms with Gasteiger partial charge >= 0.3 is 0 Å². The molecule has 5 nitrogen and oxygen atoms in total. The van der Waals surface area contributed by atoms with Gasteiger partial charge < -0.3 is 10.0 Å². The average molecular weight is 283 g/mol. The first-order valence-electron chi connectivity index (χ1n) is 6.93. The quantitative estimate of drug-likeness (QED) is 0.889. The summed E-state index contributed by atoms with van der Waals surface area (Å²) in [5, 5.41) is 16.0. The molecule has 2 N–H and O–H groups in total. The van der Waals surface area contributed by atoms with Crippen molar-refractivity contribution in [2.24, 2.45) is 0 Å². The Balaban J connectivity index is 1.73. The van der Waals surface area contributed by atoms with Crippen LogP contribution in [0.1, 0.15) is 28.0 Å². The first kappa shape index (κ1) is 13.4. The standard InChI is InChI=1S/C16H17N3O2/c1-11-15(10-17-18-11)16(21)19-8-6-13(7-9-19)12-2-4-14(20)5-3-12/h2-6,10,20H,7-9H2,1H3,(H,17,18). The first-order valence-corrected chi connectivity index (χ1v) is 6.93. The van der Waals surface area contributed by atoms with Crippen molar-refractivity contribution in [3.05, 3.63) is 53.4 Å². The Hall–Kier alpha value is -2.56. The highest BCUT2D eigenvalue weighted by Crippen LogP contribution is 2.24. The third-order valence-corrected chi connectivity index (χ3v) is 3.79. The minimum absolute atomic E-state index is 0.0160. The van der Waals surface area contributed by atoms with Crippen molar-refractivity contribution >= 4 is 11.5 Å². The molecule has 0 saturated carbocycles. The van der Waals surface area contributed by atoms with Gasteiger partial charge in [-0.05, 0) is 36.6 Å². The Morgan fingerprint density at radius 3 is 2.67 bits per heavy atom. The van der Waals surface area contributed by atoms with Gasteiger partial charge in [0.25, 0.3) is 5.91 Å². The van der Waals surface area contributed by atoms with Crippen LogP contribution >= 0.6 is 0 Å². The summed E-state index contributed by atoms with van der Waals surface area (Å²) in [6.07, 6.45) is 4.47. The number of hydrogen-bond acceptors (Lipinski definition) is 3. The number of H-pyrrole nitrogens is 1. The van der Waals surface area contributed by atoms with Crippen LogP contribution in [0.15, 0.2) is 36.5 Å². The maximum atomic E-state index is 12.4. The summed E-state index contributed by atoms with van der Waals surface area (Å²) in [7, 11) is 0. The first-order chi connectivity index (χ1) is 10.1. The van der Waals surface area contributed by atoms with Crippen molar-refractivity contribution in [2.75, 3.05) is 13.1 Å². The van der Waals surface area contributed by atoms with E-state index in [9.17, 15) is 9.90 Å². The highest BCUT2D eigenvalue weighted by molar-refractivity contribution is 5.95. The van der Waals surface area contributed by atoms with Crippen LogP contribution in [0, 0.1) is 6.92 Å². The highest BCUT2D eigenvalue weighted by Gasteiger charge is 2.21. The van der Waals surface area contributed by atoms with Crippen molar-refractivity contribution in [3.8, 4) is 5.75 Å². The van der Waals surface area contributed by atoms with Crippen molar-refractivity contribution in [1.29, 1.82) is 0 Å². The average Bonchev–Trinajstić information content (AvgIpc) is 2.94. The lowest BCUT2D eigenvalue weighted by Gasteiger charge is -2.26. The van der Waals surface area contributed by atoms with Crippen molar-refractivity contribution in [3.63, 3.8) is 0 Å². The Kier molecular flexibility index (Phi) is 3.48. The molecule has 2 heterocycles.